The first kappa shape index (κ1) is 10.2. The number of hydrogen-bond donors (Lipinski definition) is 0. The Bertz CT molecular complexity index is 303. The van der Waals surface area contributed by atoms with Crippen molar-refractivity contribution in [1.82, 2.24) is 0 Å². The maximum absolute atomic E-state index is 11.2. The lowest BCUT2D eigenvalue weighted by Gasteiger charge is -2.01. The Morgan fingerprint density at radius 2 is 1.92 bits per heavy atom. The van der Waals surface area contributed by atoms with Crippen LogP contribution in [0.1, 0.15) is 5.56 Å². The van der Waals surface area contributed by atoms with Gasteiger partial charge in [0, 0.05) is 6.42 Å². The molecule has 1 nitrogen and oxygen atoms in total. The van der Waals surface area contributed by atoms with Gasteiger partial charge in [0.1, 0.15) is 0 Å². The molecule has 0 radical (unpaired) electrons. The number of ketones is 1. The first-order chi connectivity index (χ1) is 6.24. The fourth-order valence-corrected chi connectivity index (χ4v) is 1.43. The monoisotopic (exact) mass is 238 g/mol. The molecule has 0 aliphatic heterocycles. The van der Waals surface area contributed by atoms with Crippen molar-refractivity contribution in [2.75, 3.05) is 5.33 Å². The van der Waals surface area contributed by atoms with Crippen molar-refractivity contribution in [1.29, 1.82) is 0 Å². The van der Waals surface area contributed by atoms with E-state index in [2.05, 4.69) is 22.5 Å². The van der Waals surface area contributed by atoms with Crippen molar-refractivity contribution < 1.29 is 4.79 Å². The van der Waals surface area contributed by atoms with Crippen LogP contribution in [0.4, 0.5) is 0 Å². The van der Waals surface area contributed by atoms with E-state index in [1.807, 2.05) is 30.3 Å². The molecule has 0 saturated heterocycles. The molecule has 1 rings (SSSR count). The van der Waals surface area contributed by atoms with E-state index < -0.39 is 0 Å². The second-order valence-corrected chi connectivity index (χ2v) is 3.38. The van der Waals surface area contributed by atoms with Gasteiger partial charge in [0.2, 0.25) is 0 Å². The van der Waals surface area contributed by atoms with E-state index in [0.717, 1.165) is 5.56 Å². The molecule has 1 aromatic rings. The lowest BCUT2D eigenvalue weighted by atomic mass is 10.0. The Morgan fingerprint density at radius 1 is 1.31 bits per heavy atom. The molecule has 0 fully saturated rings. The van der Waals surface area contributed by atoms with Crippen LogP contribution in [0.3, 0.4) is 0 Å². The molecule has 2 heteroatoms. The molecule has 0 N–H and O–H groups in total. The summed E-state index contributed by atoms with van der Waals surface area (Å²) in [5.41, 5.74) is 1.78. The van der Waals surface area contributed by atoms with Gasteiger partial charge >= 0.3 is 0 Å². The number of alkyl halides is 1. The number of halogens is 1. The highest BCUT2D eigenvalue weighted by molar-refractivity contribution is 9.09. The molecule has 68 valence electrons. The summed E-state index contributed by atoms with van der Waals surface area (Å²) >= 11 is 3.12. The molecule has 0 spiro atoms. The van der Waals surface area contributed by atoms with E-state index in [-0.39, 0.29) is 5.78 Å². The van der Waals surface area contributed by atoms with Gasteiger partial charge in [-0.2, -0.15) is 0 Å². The van der Waals surface area contributed by atoms with Crippen molar-refractivity contribution in [3.63, 3.8) is 0 Å². The highest BCUT2D eigenvalue weighted by Gasteiger charge is 2.04. The summed E-state index contributed by atoms with van der Waals surface area (Å²) in [7, 11) is 0. The Balaban J connectivity index is 2.60. The maximum atomic E-state index is 11.2. The van der Waals surface area contributed by atoms with Crippen molar-refractivity contribution in [3.05, 3.63) is 48.0 Å². The highest BCUT2D eigenvalue weighted by Crippen LogP contribution is 2.07. The zero-order chi connectivity index (χ0) is 9.68. The lowest BCUT2D eigenvalue weighted by molar-refractivity contribution is -0.113. The molecule has 0 atom stereocenters. The third-order valence-corrected chi connectivity index (χ3v) is 2.29. The standard InChI is InChI=1S/C11H11BrO/c1-9(11(13)8-12)7-10-5-3-2-4-6-10/h2-6H,1,7-8H2. The SMILES string of the molecule is C=C(Cc1ccccc1)C(=O)CBr. The third-order valence-electron chi connectivity index (χ3n) is 1.78. The average molecular weight is 239 g/mol. The van der Waals surface area contributed by atoms with Crippen LogP contribution in [0.25, 0.3) is 0 Å². The summed E-state index contributed by atoms with van der Waals surface area (Å²) in [5, 5.41) is 0.360. The first-order valence-corrected chi connectivity index (χ1v) is 5.17. The van der Waals surface area contributed by atoms with E-state index in [4.69, 9.17) is 0 Å². The zero-order valence-corrected chi connectivity index (χ0v) is 8.88. The molecule has 13 heavy (non-hydrogen) atoms. The van der Waals surface area contributed by atoms with Crippen molar-refractivity contribution in [2.45, 2.75) is 6.42 Å². The van der Waals surface area contributed by atoms with E-state index in [1.165, 1.54) is 0 Å². The van der Waals surface area contributed by atoms with Gasteiger partial charge in [0.05, 0.1) is 5.33 Å². The molecule has 0 heterocycles. The van der Waals surface area contributed by atoms with Gasteiger partial charge in [-0.3, -0.25) is 4.79 Å². The van der Waals surface area contributed by atoms with E-state index in [1.54, 1.807) is 0 Å². The minimum Gasteiger partial charge on any atom is -0.294 e. The fraction of sp³-hybridized carbons (Fsp3) is 0.182. The van der Waals surface area contributed by atoms with Crippen molar-refractivity contribution in [3.8, 4) is 0 Å². The highest BCUT2D eigenvalue weighted by atomic mass is 79.9. The molecule has 0 amide bonds. The second-order valence-electron chi connectivity index (χ2n) is 2.82. The molecule has 0 bridgehead atoms. The summed E-state index contributed by atoms with van der Waals surface area (Å²) in [6, 6.07) is 9.86. The average Bonchev–Trinajstić information content (AvgIpc) is 2.18. The summed E-state index contributed by atoms with van der Waals surface area (Å²) < 4.78 is 0. The quantitative estimate of drug-likeness (QED) is 0.583. The molecular formula is C11H11BrO. The summed E-state index contributed by atoms with van der Waals surface area (Å²) in [5.74, 6) is 0.0730. The Hall–Kier alpha value is -0.890. The number of allylic oxidation sites excluding steroid dienone is 1. The molecule has 0 aromatic heterocycles. The van der Waals surface area contributed by atoms with Gasteiger partial charge < -0.3 is 0 Å². The van der Waals surface area contributed by atoms with Crippen LogP contribution in [0.5, 0.6) is 0 Å². The van der Waals surface area contributed by atoms with Crippen LogP contribution in [0, 0.1) is 0 Å². The molecule has 0 saturated carbocycles. The normalized spacial score (nSPS) is 9.62. The predicted octanol–water partition coefficient (Wildman–Crippen LogP) is 2.75. The van der Waals surface area contributed by atoms with Crippen LogP contribution in [-0.2, 0) is 11.2 Å². The molecule has 0 aliphatic carbocycles. The summed E-state index contributed by atoms with van der Waals surface area (Å²) in [6.45, 7) is 3.74. The largest absolute Gasteiger partial charge is 0.294 e. The van der Waals surface area contributed by atoms with Crippen LogP contribution < -0.4 is 0 Å². The zero-order valence-electron chi connectivity index (χ0n) is 7.29. The van der Waals surface area contributed by atoms with Gasteiger partial charge in [-0.1, -0.05) is 52.8 Å². The minimum atomic E-state index is 0.0730. The summed E-state index contributed by atoms with van der Waals surface area (Å²) in [6.07, 6.45) is 0.644. The van der Waals surface area contributed by atoms with Gasteiger partial charge in [-0.05, 0) is 11.1 Å². The lowest BCUT2D eigenvalue weighted by Crippen LogP contribution is -2.04. The predicted molar refractivity (Wildman–Crippen MR) is 58.1 cm³/mol. The number of benzene rings is 1. The second kappa shape index (κ2) is 4.97. The van der Waals surface area contributed by atoms with Crippen LogP contribution in [0.15, 0.2) is 42.5 Å². The Morgan fingerprint density at radius 3 is 2.46 bits per heavy atom. The number of hydrogen-bond acceptors (Lipinski definition) is 1. The number of carbonyl (C=O) groups is 1. The maximum Gasteiger partial charge on any atom is 0.169 e. The third kappa shape index (κ3) is 3.15. The van der Waals surface area contributed by atoms with Gasteiger partial charge in [0.25, 0.3) is 0 Å². The Labute approximate surface area is 86.6 Å². The molecular weight excluding hydrogens is 228 g/mol. The molecule has 0 aliphatic rings. The summed E-state index contributed by atoms with van der Waals surface area (Å²) in [4.78, 5) is 11.2. The number of rotatable bonds is 4. The Kier molecular flexibility index (Phi) is 3.90. The van der Waals surface area contributed by atoms with Crippen molar-refractivity contribution in [2.24, 2.45) is 0 Å². The molecule has 1 aromatic carbocycles. The number of Topliss-reactive ketones (excluding diaryl/α,β-unsaturated/α-hetero) is 1. The van der Waals surface area contributed by atoms with E-state index in [9.17, 15) is 4.79 Å². The smallest absolute Gasteiger partial charge is 0.169 e. The fourth-order valence-electron chi connectivity index (χ4n) is 1.04. The van der Waals surface area contributed by atoms with Gasteiger partial charge in [0.15, 0.2) is 5.78 Å². The van der Waals surface area contributed by atoms with Crippen LogP contribution in [0.2, 0.25) is 0 Å². The van der Waals surface area contributed by atoms with Crippen molar-refractivity contribution >= 4 is 21.7 Å². The van der Waals surface area contributed by atoms with E-state index >= 15 is 0 Å². The van der Waals surface area contributed by atoms with Gasteiger partial charge in [-0.25, -0.2) is 0 Å². The number of carbonyl (C=O) groups excluding carboxylic acids is 1. The first-order valence-electron chi connectivity index (χ1n) is 4.05. The molecule has 0 unspecified atom stereocenters. The topological polar surface area (TPSA) is 17.1 Å². The van der Waals surface area contributed by atoms with Crippen LogP contribution in [-0.4, -0.2) is 11.1 Å². The van der Waals surface area contributed by atoms with Gasteiger partial charge in [-0.15, -0.1) is 0 Å². The van der Waals surface area contributed by atoms with E-state index in [0.29, 0.717) is 17.3 Å². The van der Waals surface area contributed by atoms with Crippen LogP contribution >= 0.6 is 15.9 Å². The minimum absolute atomic E-state index is 0.0730.